The van der Waals surface area contributed by atoms with Crippen molar-refractivity contribution in [3.05, 3.63) is 17.5 Å². The van der Waals surface area contributed by atoms with E-state index in [0.717, 1.165) is 17.5 Å². The van der Waals surface area contributed by atoms with E-state index in [1.807, 2.05) is 6.92 Å². The van der Waals surface area contributed by atoms with Crippen LogP contribution in [0.2, 0.25) is 0 Å². The van der Waals surface area contributed by atoms with Crippen LogP contribution in [0, 0.1) is 6.92 Å². The van der Waals surface area contributed by atoms with Crippen molar-refractivity contribution in [1.82, 2.24) is 10.5 Å². The van der Waals surface area contributed by atoms with Crippen LogP contribution in [0.3, 0.4) is 0 Å². The molecule has 3 heteroatoms. The van der Waals surface area contributed by atoms with Gasteiger partial charge in [-0.25, -0.2) is 0 Å². The number of aryl methyl sites for hydroxylation is 1. The molecule has 0 amide bonds. The number of hydrogen-bond acceptors (Lipinski definition) is 3. The standard InChI is InChI=1S/C11H16N2O/c1-7-5-11(14-13-7)9-6-8-3-2-4-10(9)12-8/h5,8-10,12H,2-4,6H2,1H3/t8-,9-,10+/m0/s1. The van der Waals surface area contributed by atoms with Crippen LogP contribution in [0.4, 0.5) is 0 Å². The van der Waals surface area contributed by atoms with Gasteiger partial charge in [-0.15, -0.1) is 0 Å². The number of piperidine rings is 1. The van der Waals surface area contributed by atoms with Crippen molar-refractivity contribution in [1.29, 1.82) is 0 Å². The van der Waals surface area contributed by atoms with E-state index in [4.69, 9.17) is 4.52 Å². The molecule has 2 bridgehead atoms. The maximum atomic E-state index is 5.37. The molecule has 3 atom stereocenters. The Kier molecular flexibility index (Phi) is 1.87. The second-order valence-corrected chi connectivity index (χ2v) is 4.61. The van der Waals surface area contributed by atoms with Crippen LogP contribution in [-0.4, -0.2) is 17.2 Å². The molecule has 1 aromatic heterocycles. The summed E-state index contributed by atoms with van der Waals surface area (Å²) >= 11 is 0. The molecule has 1 aromatic rings. The molecule has 14 heavy (non-hydrogen) atoms. The number of nitrogens with zero attached hydrogens (tertiary/aromatic N) is 1. The topological polar surface area (TPSA) is 38.1 Å². The minimum atomic E-state index is 0.573. The Hall–Kier alpha value is -0.830. The zero-order valence-electron chi connectivity index (χ0n) is 8.49. The third-order valence-electron chi connectivity index (χ3n) is 3.55. The highest BCUT2D eigenvalue weighted by atomic mass is 16.5. The lowest BCUT2D eigenvalue weighted by atomic mass is 9.96. The molecule has 1 N–H and O–H groups in total. The molecule has 0 saturated carbocycles. The van der Waals surface area contributed by atoms with Crippen LogP contribution in [0.25, 0.3) is 0 Å². The van der Waals surface area contributed by atoms with Gasteiger partial charge in [0.1, 0.15) is 5.76 Å². The van der Waals surface area contributed by atoms with Gasteiger partial charge in [-0.1, -0.05) is 11.6 Å². The van der Waals surface area contributed by atoms with E-state index in [1.165, 1.54) is 25.7 Å². The fraction of sp³-hybridized carbons (Fsp3) is 0.727. The quantitative estimate of drug-likeness (QED) is 0.739. The lowest BCUT2D eigenvalue weighted by Crippen LogP contribution is -2.34. The van der Waals surface area contributed by atoms with Gasteiger partial charge in [0.2, 0.25) is 0 Å². The Morgan fingerprint density at radius 3 is 3.14 bits per heavy atom. The maximum absolute atomic E-state index is 5.37. The van der Waals surface area contributed by atoms with E-state index in [0.29, 0.717) is 12.0 Å². The maximum Gasteiger partial charge on any atom is 0.141 e. The van der Waals surface area contributed by atoms with E-state index in [9.17, 15) is 0 Å². The average molecular weight is 192 g/mol. The molecule has 0 unspecified atom stereocenters. The molecule has 3 rings (SSSR count). The fourth-order valence-corrected chi connectivity index (χ4v) is 2.90. The van der Waals surface area contributed by atoms with Crippen molar-refractivity contribution >= 4 is 0 Å². The summed E-state index contributed by atoms with van der Waals surface area (Å²) in [7, 11) is 0. The summed E-state index contributed by atoms with van der Waals surface area (Å²) in [5.74, 6) is 1.66. The van der Waals surface area contributed by atoms with Crippen LogP contribution in [0.15, 0.2) is 10.6 Å². The summed E-state index contributed by atoms with van der Waals surface area (Å²) in [6.07, 6.45) is 5.23. The molecule has 2 aliphatic rings. The number of aromatic nitrogens is 1. The predicted octanol–water partition coefficient (Wildman–Crippen LogP) is 1.98. The largest absolute Gasteiger partial charge is 0.361 e. The van der Waals surface area contributed by atoms with Crippen LogP contribution in [0.1, 0.15) is 43.1 Å². The Morgan fingerprint density at radius 2 is 2.43 bits per heavy atom. The first-order chi connectivity index (χ1) is 6.83. The molecule has 2 fully saturated rings. The normalized spacial score (nSPS) is 36.2. The van der Waals surface area contributed by atoms with Crippen molar-refractivity contribution < 1.29 is 4.52 Å². The summed E-state index contributed by atoms with van der Waals surface area (Å²) in [5.41, 5.74) is 1.00. The zero-order valence-corrected chi connectivity index (χ0v) is 8.49. The minimum absolute atomic E-state index is 0.573. The molecule has 76 valence electrons. The van der Waals surface area contributed by atoms with Gasteiger partial charge in [0.25, 0.3) is 0 Å². The molecule has 3 nitrogen and oxygen atoms in total. The van der Waals surface area contributed by atoms with Crippen molar-refractivity contribution in [2.24, 2.45) is 0 Å². The number of fused-ring (bicyclic) bond motifs is 2. The molecule has 2 saturated heterocycles. The lowest BCUT2D eigenvalue weighted by molar-refractivity contribution is 0.335. The monoisotopic (exact) mass is 192 g/mol. The second-order valence-electron chi connectivity index (χ2n) is 4.61. The molecular weight excluding hydrogens is 176 g/mol. The van der Waals surface area contributed by atoms with Crippen LogP contribution in [0.5, 0.6) is 0 Å². The van der Waals surface area contributed by atoms with Gasteiger partial charge >= 0.3 is 0 Å². The first kappa shape index (κ1) is 8.48. The third kappa shape index (κ3) is 1.27. The SMILES string of the molecule is Cc1cc([C@H]2C[C@@H]3CCC[C@H]2N3)on1. The number of rotatable bonds is 1. The first-order valence-corrected chi connectivity index (χ1v) is 5.52. The fourth-order valence-electron chi connectivity index (χ4n) is 2.90. The summed E-state index contributed by atoms with van der Waals surface area (Å²) in [6.45, 7) is 1.99. The Bertz CT molecular complexity index is 334. The van der Waals surface area contributed by atoms with Gasteiger partial charge in [0.05, 0.1) is 5.69 Å². The van der Waals surface area contributed by atoms with Gasteiger partial charge in [-0.05, 0) is 26.2 Å². The summed E-state index contributed by atoms with van der Waals surface area (Å²) in [5, 5.41) is 7.63. The molecule has 0 radical (unpaired) electrons. The van der Waals surface area contributed by atoms with Gasteiger partial charge < -0.3 is 9.84 Å². The minimum Gasteiger partial charge on any atom is -0.361 e. The van der Waals surface area contributed by atoms with Crippen LogP contribution in [-0.2, 0) is 0 Å². The highest BCUT2D eigenvalue weighted by Gasteiger charge is 2.38. The number of nitrogens with one attached hydrogen (secondary N) is 1. The zero-order chi connectivity index (χ0) is 9.54. The van der Waals surface area contributed by atoms with Gasteiger partial charge in [-0.3, -0.25) is 0 Å². The van der Waals surface area contributed by atoms with Gasteiger partial charge in [0.15, 0.2) is 0 Å². The van der Waals surface area contributed by atoms with Crippen molar-refractivity contribution in [2.45, 2.75) is 50.6 Å². The van der Waals surface area contributed by atoms with Crippen LogP contribution >= 0.6 is 0 Å². The van der Waals surface area contributed by atoms with Crippen molar-refractivity contribution in [3.8, 4) is 0 Å². The van der Waals surface area contributed by atoms with Crippen molar-refractivity contribution in [3.63, 3.8) is 0 Å². The average Bonchev–Trinajstić information content (AvgIpc) is 2.71. The van der Waals surface area contributed by atoms with Crippen molar-refractivity contribution in [2.75, 3.05) is 0 Å². The van der Waals surface area contributed by atoms with Gasteiger partial charge in [0, 0.05) is 24.1 Å². The Labute approximate surface area is 83.9 Å². The van der Waals surface area contributed by atoms with E-state index >= 15 is 0 Å². The third-order valence-corrected chi connectivity index (χ3v) is 3.55. The first-order valence-electron chi connectivity index (χ1n) is 5.52. The summed E-state index contributed by atoms with van der Waals surface area (Å²) in [4.78, 5) is 0. The molecule has 3 heterocycles. The molecular formula is C11H16N2O. The molecule has 0 aromatic carbocycles. The Morgan fingerprint density at radius 1 is 1.50 bits per heavy atom. The molecule has 0 spiro atoms. The van der Waals surface area contributed by atoms with E-state index in [2.05, 4.69) is 16.5 Å². The van der Waals surface area contributed by atoms with E-state index < -0.39 is 0 Å². The van der Waals surface area contributed by atoms with Crippen LogP contribution < -0.4 is 5.32 Å². The van der Waals surface area contributed by atoms with E-state index in [-0.39, 0.29) is 0 Å². The second kappa shape index (κ2) is 3.09. The number of hydrogen-bond donors (Lipinski definition) is 1. The highest BCUT2D eigenvalue weighted by Crippen LogP contribution is 2.38. The highest BCUT2D eigenvalue weighted by molar-refractivity contribution is 5.15. The molecule has 2 aliphatic heterocycles. The van der Waals surface area contributed by atoms with Gasteiger partial charge in [-0.2, -0.15) is 0 Å². The summed E-state index contributed by atoms with van der Waals surface area (Å²) < 4.78 is 5.37. The Balaban J connectivity index is 1.85. The van der Waals surface area contributed by atoms with E-state index in [1.54, 1.807) is 0 Å². The smallest absolute Gasteiger partial charge is 0.141 e. The lowest BCUT2D eigenvalue weighted by Gasteiger charge is -2.21. The molecule has 0 aliphatic carbocycles. The predicted molar refractivity (Wildman–Crippen MR) is 53.2 cm³/mol. The summed E-state index contributed by atoms with van der Waals surface area (Å²) in [6, 6.07) is 3.46.